The molecule has 0 saturated carbocycles. The molecule has 0 spiro atoms. The van der Waals surface area contributed by atoms with Gasteiger partial charge in [-0.3, -0.25) is 5.32 Å². The third kappa shape index (κ3) is 4.38. The molecular formula is C18H25F3N4O2. The maximum absolute atomic E-state index is 13.0. The second kappa shape index (κ2) is 7.08. The van der Waals surface area contributed by atoms with Crippen LogP contribution in [0.3, 0.4) is 0 Å². The summed E-state index contributed by atoms with van der Waals surface area (Å²) >= 11 is 0. The summed E-state index contributed by atoms with van der Waals surface area (Å²) in [5, 5.41) is 21.6. The van der Waals surface area contributed by atoms with Crippen LogP contribution in [-0.2, 0) is 5.54 Å². The van der Waals surface area contributed by atoms with Gasteiger partial charge < -0.3 is 14.6 Å². The fourth-order valence-corrected chi connectivity index (χ4v) is 3.24. The summed E-state index contributed by atoms with van der Waals surface area (Å²) in [5.41, 5.74) is -2.73. The zero-order valence-corrected chi connectivity index (χ0v) is 15.9. The molecule has 1 aromatic rings. The van der Waals surface area contributed by atoms with Crippen LogP contribution in [0.15, 0.2) is 12.3 Å². The fraction of sp³-hybridized carbons (Fsp3) is 0.667. The summed E-state index contributed by atoms with van der Waals surface area (Å²) in [6.45, 7) is 6.79. The fourth-order valence-electron chi connectivity index (χ4n) is 3.24. The zero-order chi connectivity index (χ0) is 20.6. The predicted molar refractivity (Wildman–Crippen MR) is 94.1 cm³/mol. The Hall–Kier alpha value is -2.21. The smallest absolute Gasteiger partial charge is 0.380 e. The highest BCUT2D eigenvalue weighted by atomic mass is 19.4. The molecule has 2 N–H and O–H groups in total. The van der Waals surface area contributed by atoms with Crippen molar-refractivity contribution in [2.24, 2.45) is 5.92 Å². The number of hydrogen-bond acceptors (Lipinski definition) is 3. The van der Waals surface area contributed by atoms with Gasteiger partial charge in [0.15, 0.2) is 5.60 Å². The van der Waals surface area contributed by atoms with Crippen molar-refractivity contribution >= 4 is 11.8 Å². The SMILES string of the molecule is CC(C)(C)n1cc(C#N)cc1NC(=O)N1CCC(C(C)(O)C(F)(F)F)CC1. The summed E-state index contributed by atoms with van der Waals surface area (Å²) in [6, 6.07) is 3.15. The molecule has 1 atom stereocenters. The van der Waals surface area contributed by atoms with E-state index >= 15 is 0 Å². The molecule has 6 nitrogen and oxygen atoms in total. The van der Waals surface area contributed by atoms with Crippen molar-refractivity contribution in [3.63, 3.8) is 0 Å². The topological polar surface area (TPSA) is 81.3 Å². The summed E-state index contributed by atoms with van der Waals surface area (Å²) in [4.78, 5) is 14.0. The van der Waals surface area contributed by atoms with Crippen molar-refractivity contribution in [2.45, 2.75) is 57.9 Å². The third-order valence-corrected chi connectivity index (χ3v) is 5.06. The lowest BCUT2D eigenvalue weighted by atomic mass is 9.81. The van der Waals surface area contributed by atoms with Crippen LogP contribution in [0.4, 0.5) is 23.8 Å². The Bertz CT molecular complexity index is 733. The summed E-state index contributed by atoms with van der Waals surface area (Å²) in [7, 11) is 0. The minimum atomic E-state index is -4.71. The van der Waals surface area contributed by atoms with Gasteiger partial charge in [-0.25, -0.2) is 4.79 Å². The van der Waals surface area contributed by atoms with E-state index in [1.54, 1.807) is 16.8 Å². The molecule has 1 aliphatic heterocycles. The van der Waals surface area contributed by atoms with Crippen molar-refractivity contribution in [1.82, 2.24) is 9.47 Å². The first-order chi connectivity index (χ1) is 12.3. The number of hydrogen-bond donors (Lipinski definition) is 2. The van der Waals surface area contributed by atoms with Crippen molar-refractivity contribution in [2.75, 3.05) is 18.4 Å². The minimum Gasteiger partial charge on any atom is -0.380 e. The quantitative estimate of drug-likeness (QED) is 0.814. The van der Waals surface area contributed by atoms with Crippen LogP contribution in [0.5, 0.6) is 0 Å². The number of aliphatic hydroxyl groups is 1. The first kappa shape index (κ1) is 21.1. The Morgan fingerprint density at radius 1 is 1.26 bits per heavy atom. The number of nitrogens with one attached hydrogen (secondary N) is 1. The first-order valence-corrected chi connectivity index (χ1v) is 8.75. The number of nitrogens with zero attached hydrogens (tertiary/aromatic N) is 3. The summed E-state index contributed by atoms with van der Waals surface area (Å²) in [6.07, 6.45) is -2.95. The molecule has 1 aromatic heterocycles. The Morgan fingerprint density at radius 3 is 2.26 bits per heavy atom. The highest BCUT2D eigenvalue weighted by Gasteiger charge is 2.55. The number of carbonyl (C=O) groups excluding carboxylic acids is 1. The number of rotatable bonds is 2. The number of carbonyl (C=O) groups is 1. The van der Waals surface area contributed by atoms with E-state index in [9.17, 15) is 23.1 Å². The first-order valence-electron chi connectivity index (χ1n) is 8.75. The van der Waals surface area contributed by atoms with Gasteiger partial charge in [-0.2, -0.15) is 18.4 Å². The van der Waals surface area contributed by atoms with Gasteiger partial charge in [0.25, 0.3) is 0 Å². The average molecular weight is 386 g/mol. The minimum absolute atomic E-state index is 0.0592. The highest BCUT2D eigenvalue weighted by Crippen LogP contribution is 2.40. The molecule has 1 fully saturated rings. The van der Waals surface area contributed by atoms with E-state index in [4.69, 9.17) is 5.26 Å². The average Bonchev–Trinajstić information content (AvgIpc) is 2.97. The maximum Gasteiger partial charge on any atom is 0.417 e. The monoisotopic (exact) mass is 386 g/mol. The number of anilines is 1. The van der Waals surface area contributed by atoms with Gasteiger partial charge in [0.05, 0.1) is 5.56 Å². The molecule has 2 rings (SSSR count). The second-order valence-electron chi connectivity index (χ2n) is 8.10. The molecule has 9 heteroatoms. The van der Waals surface area contributed by atoms with Crippen molar-refractivity contribution in [3.8, 4) is 6.07 Å². The van der Waals surface area contributed by atoms with Crippen molar-refractivity contribution < 1.29 is 23.1 Å². The van der Waals surface area contributed by atoms with Crippen LogP contribution in [0.1, 0.15) is 46.1 Å². The van der Waals surface area contributed by atoms with Crippen LogP contribution in [0.2, 0.25) is 0 Å². The van der Waals surface area contributed by atoms with Crippen molar-refractivity contribution in [1.29, 1.82) is 5.26 Å². The van der Waals surface area contributed by atoms with Gasteiger partial charge in [0, 0.05) is 24.8 Å². The lowest BCUT2D eigenvalue weighted by molar-refractivity contribution is -0.275. The van der Waals surface area contributed by atoms with Gasteiger partial charge in [0.2, 0.25) is 0 Å². The standard InChI is InChI=1S/C18H25F3N4O2/c1-16(2,3)25-11-12(10-22)9-14(25)23-15(26)24-7-5-13(6-8-24)17(4,27)18(19,20)21/h9,11,13,27H,5-8H2,1-4H3,(H,23,26). The molecule has 0 radical (unpaired) electrons. The Morgan fingerprint density at radius 2 is 1.81 bits per heavy atom. The largest absolute Gasteiger partial charge is 0.417 e. The molecule has 1 aliphatic rings. The Kier molecular flexibility index (Phi) is 5.53. The number of alkyl halides is 3. The van der Waals surface area contributed by atoms with E-state index in [0.717, 1.165) is 6.92 Å². The lowest BCUT2D eigenvalue weighted by Crippen LogP contribution is -2.53. The molecule has 0 aliphatic carbocycles. The molecule has 150 valence electrons. The summed E-state index contributed by atoms with van der Waals surface area (Å²) in [5.74, 6) is -0.501. The Labute approximate surface area is 156 Å². The van der Waals surface area contributed by atoms with Gasteiger partial charge in [-0.15, -0.1) is 0 Å². The lowest BCUT2D eigenvalue weighted by Gasteiger charge is -2.40. The van der Waals surface area contributed by atoms with Crippen LogP contribution >= 0.6 is 0 Å². The number of aromatic nitrogens is 1. The van der Waals surface area contributed by atoms with Gasteiger partial charge in [-0.1, -0.05) is 0 Å². The highest BCUT2D eigenvalue weighted by molar-refractivity contribution is 5.89. The molecule has 0 aromatic carbocycles. The molecule has 27 heavy (non-hydrogen) atoms. The van der Waals surface area contributed by atoms with E-state index in [0.29, 0.717) is 11.4 Å². The normalized spacial score (nSPS) is 18.7. The van der Waals surface area contributed by atoms with E-state index in [1.165, 1.54) is 4.90 Å². The van der Waals surface area contributed by atoms with E-state index in [1.807, 2.05) is 26.8 Å². The van der Waals surface area contributed by atoms with Crippen molar-refractivity contribution in [3.05, 3.63) is 17.8 Å². The van der Waals surface area contributed by atoms with E-state index < -0.39 is 23.7 Å². The van der Waals surface area contributed by atoms with Crippen LogP contribution in [0.25, 0.3) is 0 Å². The summed E-state index contributed by atoms with van der Waals surface area (Å²) < 4.78 is 40.7. The molecule has 1 unspecified atom stereocenters. The van der Waals surface area contributed by atoms with Crippen LogP contribution < -0.4 is 5.32 Å². The van der Waals surface area contributed by atoms with Gasteiger partial charge in [-0.05, 0) is 52.5 Å². The zero-order valence-electron chi connectivity index (χ0n) is 15.9. The molecule has 1 saturated heterocycles. The maximum atomic E-state index is 13.0. The number of piperidine rings is 1. The number of likely N-dealkylation sites (tertiary alicyclic amines) is 1. The number of halogens is 3. The molecule has 2 amide bonds. The number of urea groups is 1. The predicted octanol–water partition coefficient (Wildman–Crippen LogP) is 3.67. The Balaban J connectivity index is 2.06. The van der Waals surface area contributed by atoms with E-state index in [2.05, 4.69) is 5.32 Å². The van der Waals surface area contributed by atoms with Crippen LogP contribution in [-0.4, -0.2) is 45.5 Å². The molecular weight excluding hydrogens is 361 g/mol. The number of nitriles is 1. The van der Waals surface area contributed by atoms with E-state index in [-0.39, 0.29) is 31.5 Å². The number of amides is 2. The van der Waals surface area contributed by atoms with Gasteiger partial charge >= 0.3 is 12.2 Å². The van der Waals surface area contributed by atoms with Gasteiger partial charge in [0.1, 0.15) is 11.9 Å². The molecule has 2 heterocycles. The third-order valence-electron chi connectivity index (χ3n) is 5.06. The second-order valence-corrected chi connectivity index (χ2v) is 8.10. The molecule has 0 bridgehead atoms. The van der Waals surface area contributed by atoms with Crippen LogP contribution in [0, 0.1) is 17.2 Å².